The molecule has 0 saturated heterocycles. The van der Waals surface area contributed by atoms with Crippen molar-refractivity contribution < 1.29 is 4.79 Å². The van der Waals surface area contributed by atoms with Crippen molar-refractivity contribution in [1.82, 2.24) is 9.97 Å². The normalized spacial score (nSPS) is 11.1. The predicted octanol–water partition coefficient (Wildman–Crippen LogP) is 5.53. The molecule has 0 aliphatic heterocycles. The highest BCUT2D eigenvalue weighted by Gasteiger charge is 2.11. The number of aromatic nitrogens is 2. The highest BCUT2D eigenvalue weighted by molar-refractivity contribution is 7.21. The van der Waals surface area contributed by atoms with Crippen LogP contribution in [0.25, 0.3) is 20.8 Å². The molecule has 2 aromatic carbocycles. The first kappa shape index (κ1) is 17.8. The molecule has 4 rings (SSSR count). The first-order valence-electron chi connectivity index (χ1n) is 8.68. The Morgan fingerprint density at radius 3 is 2.48 bits per heavy atom. The van der Waals surface area contributed by atoms with Gasteiger partial charge in [0.25, 0.3) is 0 Å². The number of carbonyl (C=O) groups excluding carboxylic acids is 1. The number of aryl methyl sites for hydroxylation is 3. The van der Waals surface area contributed by atoms with E-state index in [0.717, 1.165) is 37.4 Å². The number of fused-ring (bicyclic) bond motifs is 1. The highest BCUT2D eigenvalue weighted by atomic mass is 32.1. The summed E-state index contributed by atoms with van der Waals surface area (Å²) in [6.07, 6.45) is 0.357. The lowest BCUT2D eigenvalue weighted by atomic mass is 10.2. The summed E-state index contributed by atoms with van der Waals surface area (Å²) in [5, 5.41) is 4.94. The van der Waals surface area contributed by atoms with Gasteiger partial charge in [0.1, 0.15) is 5.01 Å². The SMILES string of the molecule is Cc1ccc2nc(-c3ccc(NC(=O)Cc4sc(C)nc4C)cc3)sc2c1. The van der Waals surface area contributed by atoms with Crippen molar-refractivity contribution in [3.8, 4) is 10.6 Å². The van der Waals surface area contributed by atoms with Crippen molar-refractivity contribution in [1.29, 1.82) is 0 Å². The molecule has 0 aliphatic rings. The van der Waals surface area contributed by atoms with Gasteiger partial charge >= 0.3 is 0 Å². The maximum Gasteiger partial charge on any atom is 0.229 e. The van der Waals surface area contributed by atoms with E-state index in [4.69, 9.17) is 4.98 Å². The van der Waals surface area contributed by atoms with Gasteiger partial charge in [-0.05, 0) is 62.7 Å². The number of hydrogen-bond acceptors (Lipinski definition) is 5. The number of carbonyl (C=O) groups is 1. The Morgan fingerprint density at radius 2 is 1.78 bits per heavy atom. The van der Waals surface area contributed by atoms with Crippen LogP contribution in [0, 0.1) is 20.8 Å². The van der Waals surface area contributed by atoms with E-state index in [0.29, 0.717) is 6.42 Å². The number of nitrogens with one attached hydrogen (secondary N) is 1. The lowest BCUT2D eigenvalue weighted by molar-refractivity contribution is -0.115. The van der Waals surface area contributed by atoms with Crippen LogP contribution in [0.2, 0.25) is 0 Å². The molecule has 4 aromatic rings. The third-order valence-electron chi connectivity index (χ3n) is 4.28. The molecule has 0 aliphatic carbocycles. The van der Waals surface area contributed by atoms with Gasteiger partial charge in [-0.15, -0.1) is 22.7 Å². The van der Waals surface area contributed by atoms with Crippen LogP contribution in [0.3, 0.4) is 0 Å². The van der Waals surface area contributed by atoms with Crippen LogP contribution < -0.4 is 5.32 Å². The number of thiazole rings is 2. The lowest BCUT2D eigenvalue weighted by Gasteiger charge is -2.05. The molecule has 2 aromatic heterocycles. The van der Waals surface area contributed by atoms with Crippen molar-refractivity contribution >= 4 is 44.5 Å². The summed E-state index contributed by atoms with van der Waals surface area (Å²) in [7, 11) is 0. The molecule has 0 fully saturated rings. The zero-order valence-electron chi connectivity index (χ0n) is 15.4. The summed E-state index contributed by atoms with van der Waals surface area (Å²) < 4.78 is 1.19. The molecule has 1 amide bonds. The topological polar surface area (TPSA) is 54.9 Å². The molecule has 2 heterocycles. The maximum absolute atomic E-state index is 12.3. The Labute approximate surface area is 165 Å². The van der Waals surface area contributed by atoms with E-state index in [2.05, 4.69) is 35.4 Å². The molecular weight excluding hydrogens is 374 g/mol. The third-order valence-corrected chi connectivity index (χ3v) is 6.42. The number of benzene rings is 2. The average molecular weight is 394 g/mol. The molecule has 1 N–H and O–H groups in total. The third kappa shape index (κ3) is 3.91. The Balaban J connectivity index is 1.48. The smallest absolute Gasteiger partial charge is 0.229 e. The van der Waals surface area contributed by atoms with E-state index in [1.807, 2.05) is 38.1 Å². The molecule has 0 bridgehead atoms. The lowest BCUT2D eigenvalue weighted by Crippen LogP contribution is -2.14. The zero-order chi connectivity index (χ0) is 19.0. The second-order valence-corrected chi connectivity index (χ2v) is 8.85. The van der Waals surface area contributed by atoms with Gasteiger partial charge in [0.15, 0.2) is 0 Å². The fraction of sp³-hybridized carbons (Fsp3) is 0.190. The maximum atomic E-state index is 12.3. The Hall–Kier alpha value is -2.57. The standard InChI is InChI=1S/C21H19N3OS2/c1-12-4-9-17-19(10-12)27-21(24-17)15-5-7-16(8-6-15)23-20(25)11-18-13(2)22-14(3)26-18/h4-10H,11H2,1-3H3,(H,23,25). The number of rotatable bonds is 4. The van der Waals surface area contributed by atoms with E-state index >= 15 is 0 Å². The van der Waals surface area contributed by atoms with Gasteiger partial charge < -0.3 is 5.32 Å². The summed E-state index contributed by atoms with van der Waals surface area (Å²) in [6, 6.07) is 14.2. The van der Waals surface area contributed by atoms with Gasteiger partial charge in [-0.2, -0.15) is 0 Å². The van der Waals surface area contributed by atoms with E-state index in [9.17, 15) is 4.79 Å². The van der Waals surface area contributed by atoms with Crippen LogP contribution in [-0.4, -0.2) is 15.9 Å². The largest absolute Gasteiger partial charge is 0.326 e. The fourth-order valence-electron chi connectivity index (χ4n) is 2.94. The molecule has 0 radical (unpaired) electrons. The molecule has 0 spiro atoms. The molecule has 27 heavy (non-hydrogen) atoms. The van der Waals surface area contributed by atoms with Crippen molar-refractivity contribution in [3.05, 3.63) is 63.6 Å². The molecule has 6 heteroatoms. The van der Waals surface area contributed by atoms with Crippen molar-refractivity contribution in [2.24, 2.45) is 0 Å². The van der Waals surface area contributed by atoms with Crippen LogP contribution in [0.15, 0.2) is 42.5 Å². The fourth-order valence-corrected chi connectivity index (χ4v) is 4.95. The highest BCUT2D eigenvalue weighted by Crippen LogP contribution is 2.31. The van der Waals surface area contributed by atoms with E-state index in [1.165, 1.54) is 10.3 Å². The monoisotopic (exact) mass is 393 g/mol. The number of anilines is 1. The number of hydrogen-bond donors (Lipinski definition) is 1. The summed E-state index contributed by atoms with van der Waals surface area (Å²) in [5.41, 5.74) is 5.05. The summed E-state index contributed by atoms with van der Waals surface area (Å²) >= 11 is 3.26. The number of amides is 1. The van der Waals surface area contributed by atoms with Crippen molar-refractivity contribution in [2.45, 2.75) is 27.2 Å². The van der Waals surface area contributed by atoms with Crippen molar-refractivity contribution in [2.75, 3.05) is 5.32 Å². The average Bonchev–Trinajstić information content (AvgIpc) is 3.17. The van der Waals surface area contributed by atoms with Crippen LogP contribution in [0.1, 0.15) is 21.1 Å². The molecule has 4 nitrogen and oxygen atoms in total. The predicted molar refractivity (Wildman–Crippen MR) is 114 cm³/mol. The molecule has 0 saturated carbocycles. The minimum Gasteiger partial charge on any atom is -0.326 e. The van der Waals surface area contributed by atoms with Gasteiger partial charge in [-0.1, -0.05) is 6.07 Å². The molecular formula is C21H19N3OS2. The van der Waals surface area contributed by atoms with Crippen LogP contribution in [0.5, 0.6) is 0 Å². The Morgan fingerprint density at radius 1 is 1.00 bits per heavy atom. The zero-order valence-corrected chi connectivity index (χ0v) is 17.0. The molecule has 136 valence electrons. The van der Waals surface area contributed by atoms with Gasteiger partial charge in [0.2, 0.25) is 5.91 Å². The van der Waals surface area contributed by atoms with Gasteiger partial charge in [-0.25, -0.2) is 9.97 Å². The van der Waals surface area contributed by atoms with Gasteiger partial charge in [-0.3, -0.25) is 4.79 Å². The minimum absolute atomic E-state index is 0.0232. The first-order chi connectivity index (χ1) is 13.0. The van der Waals surface area contributed by atoms with Crippen LogP contribution in [-0.2, 0) is 11.2 Å². The van der Waals surface area contributed by atoms with E-state index in [-0.39, 0.29) is 5.91 Å². The van der Waals surface area contributed by atoms with Crippen LogP contribution in [0.4, 0.5) is 5.69 Å². The Kier molecular flexibility index (Phi) is 4.76. The van der Waals surface area contributed by atoms with Crippen LogP contribution >= 0.6 is 22.7 Å². The van der Waals surface area contributed by atoms with E-state index in [1.54, 1.807) is 22.7 Å². The quantitative estimate of drug-likeness (QED) is 0.496. The second-order valence-electron chi connectivity index (χ2n) is 6.53. The summed E-state index contributed by atoms with van der Waals surface area (Å²) in [5.74, 6) is -0.0232. The first-order valence-corrected chi connectivity index (χ1v) is 10.3. The molecule has 0 atom stereocenters. The van der Waals surface area contributed by atoms with E-state index < -0.39 is 0 Å². The second kappa shape index (κ2) is 7.21. The minimum atomic E-state index is -0.0232. The summed E-state index contributed by atoms with van der Waals surface area (Å²) in [4.78, 5) is 22.4. The molecule has 0 unspecified atom stereocenters. The summed E-state index contributed by atoms with van der Waals surface area (Å²) in [6.45, 7) is 5.99. The van der Waals surface area contributed by atoms with Crippen molar-refractivity contribution in [3.63, 3.8) is 0 Å². The number of nitrogens with zero attached hydrogens (tertiary/aromatic N) is 2. The van der Waals surface area contributed by atoms with Gasteiger partial charge in [0.05, 0.1) is 27.3 Å². The van der Waals surface area contributed by atoms with Gasteiger partial charge in [0, 0.05) is 16.1 Å². The Bertz CT molecular complexity index is 1130.